The summed E-state index contributed by atoms with van der Waals surface area (Å²) in [6, 6.07) is 0. The number of likely N-dealkylation sites (N-methyl/N-ethyl adjacent to an activating group) is 1. The second kappa shape index (κ2) is 6.45. The van der Waals surface area contributed by atoms with Gasteiger partial charge in [0.1, 0.15) is 5.01 Å². The molecule has 106 valence electrons. The van der Waals surface area contributed by atoms with E-state index in [9.17, 15) is 9.90 Å². The molecular formula is C13H21N3O2S. The summed E-state index contributed by atoms with van der Waals surface area (Å²) in [6.07, 6.45) is 2.11. The number of nitrogens with zero attached hydrogens (tertiary/aromatic N) is 3. The summed E-state index contributed by atoms with van der Waals surface area (Å²) in [5, 5.41) is 12.5. The highest BCUT2D eigenvalue weighted by Gasteiger charge is 2.18. The smallest absolute Gasteiger partial charge is 0.228 e. The molecule has 1 aromatic heterocycles. The lowest BCUT2D eigenvalue weighted by Gasteiger charge is -2.29. The van der Waals surface area contributed by atoms with Gasteiger partial charge in [-0.3, -0.25) is 9.69 Å². The van der Waals surface area contributed by atoms with Crippen LogP contribution in [0.15, 0.2) is 5.38 Å². The van der Waals surface area contributed by atoms with E-state index in [0.29, 0.717) is 6.42 Å². The van der Waals surface area contributed by atoms with Crippen LogP contribution in [0.4, 0.5) is 0 Å². The summed E-state index contributed by atoms with van der Waals surface area (Å²) in [6.45, 7) is 2.51. The van der Waals surface area contributed by atoms with Crippen LogP contribution in [-0.4, -0.2) is 59.1 Å². The Kier molecular flexibility index (Phi) is 4.90. The highest BCUT2D eigenvalue weighted by Crippen LogP contribution is 2.16. The van der Waals surface area contributed by atoms with E-state index in [4.69, 9.17) is 0 Å². The van der Waals surface area contributed by atoms with Gasteiger partial charge >= 0.3 is 0 Å². The second-order valence-electron chi connectivity index (χ2n) is 5.23. The minimum absolute atomic E-state index is 0.0781. The van der Waals surface area contributed by atoms with E-state index in [1.54, 1.807) is 19.0 Å². The van der Waals surface area contributed by atoms with Gasteiger partial charge in [0.05, 0.1) is 18.2 Å². The number of likely N-dealkylation sites (tertiary alicyclic amines) is 1. The Morgan fingerprint density at radius 2 is 2.42 bits per heavy atom. The Labute approximate surface area is 117 Å². The van der Waals surface area contributed by atoms with Gasteiger partial charge in [0.15, 0.2) is 0 Å². The monoisotopic (exact) mass is 283 g/mol. The molecule has 0 saturated carbocycles. The van der Waals surface area contributed by atoms with Crippen molar-refractivity contribution < 1.29 is 9.90 Å². The number of β-amino-alcohol motifs (C(OH)–C–C–N with tert-alkyl or cyclic N) is 1. The van der Waals surface area contributed by atoms with Crippen LogP contribution in [0.25, 0.3) is 0 Å². The van der Waals surface area contributed by atoms with Crippen LogP contribution < -0.4 is 0 Å². The van der Waals surface area contributed by atoms with Gasteiger partial charge < -0.3 is 10.0 Å². The fraction of sp³-hybridized carbons (Fsp3) is 0.692. The second-order valence-corrected chi connectivity index (χ2v) is 6.17. The van der Waals surface area contributed by atoms with Crippen LogP contribution in [0.1, 0.15) is 23.5 Å². The first kappa shape index (κ1) is 14.4. The average molecular weight is 283 g/mol. The highest BCUT2D eigenvalue weighted by molar-refractivity contribution is 7.09. The Hall–Kier alpha value is -0.980. The van der Waals surface area contributed by atoms with E-state index >= 15 is 0 Å². The van der Waals surface area contributed by atoms with Crippen molar-refractivity contribution in [1.82, 2.24) is 14.8 Å². The van der Waals surface area contributed by atoms with Crippen molar-refractivity contribution in [1.29, 1.82) is 0 Å². The number of aromatic nitrogens is 1. The van der Waals surface area contributed by atoms with Crippen LogP contribution in [0.3, 0.4) is 0 Å². The van der Waals surface area contributed by atoms with Crippen LogP contribution in [-0.2, 0) is 17.8 Å². The van der Waals surface area contributed by atoms with E-state index in [0.717, 1.165) is 43.2 Å². The van der Waals surface area contributed by atoms with Gasteiger partial charge in [-0.2, -0.15) is 0 Å². The molecular weight excluding hydrogens is 262 g/mol. The van der Waals surface area contributed by atoms with Gasteiger partial charge in [0.2, 0.25) is 5.91 Å². The van der Waals surface area contributed by atoms with Gasteiger partial charge in [-0.05, 0) is 19.4 Å². The lowest BCUT2D eigenvalue weighted by Crippen LogP contribution is -2.37. The normalized spacial score (nSPS) is 20.5. The minimum Gasteiger partial charge on any atom is -0.392 e. The fourth-order valence-electron chi connectivity index (χ4n) is 2.19. The van der Waals surface area contributed by atoms with E-state index in [1.807, 2.05) is 5.38 Å². The summed E-state index contributed by atoms with van der Waals surface area (Å²) < 4.78 is 0. The molecule has 5 nitrogen and oxygen atoms in total. The first-order chi connectivity index (χ1) is 9.04. The van der Waals surface area contributed by atoms with Gasteiger partial charge in [0, 0.05) is 32.6 Å². The lowest BCUT2D eigenvalue weighted by molar-refractivity contribution is -0.127. The van der Waals surface area contributed by atoms with Crippen molar-refractivity contribution in [2.45, 2.75) is 31.9 Å². The number of hydrogen-bond acceptors (Lipinski definition) is 5. The third-order valence-electron chi connectivity index (χ3n) is 3.27. The molecule has 1 atom stereocenters. The molecule has 1 fully saturated rings. The number of aliphatic hydroxyl groups excluding tert-OH is 1. The number of thiazole rings is 1. The third kappa shape index (κ3) is 4.26. The molecule has 0 radical (unpaired) electrons. The Morgan fingerprint density at radius 1 is 1.63 bits per heavy atom. The van der Waals surface area contributed by atoms with Crippen LogP contribution >= 0.6 is 11.3 Å². The predicted molar refractivity (Wildman–Crippen MR) is 75.0 cm³/mol. The SMILES string of the molecule is CN(C)C(=O)Cc1nc(CN2CCCC(O)C2)cs1. The van der Waals surface area contributed by atoms with Gasteiger partial charge in [-0.1, -0.05) is 0 Å². The summed E-state index contributed by atoms with van der Waals surface area (Å²) in [5.74, 6) is 0.0781. The maximum absolute atomic E-state index is 11.6. The molecule has 0 aromatic carbocycles. The minimum atomic E-state index is -0.206. The largest absolute Gasteiger partial charge is 0.392 e. The number of carbonyl (C=O) groups excluding carboxylic acids is 1. The standard InChI is InChI=1S/C13H21N3O2S/c1-15(2)13(18)6-12-14-10(9-19-12)7-16-5-3-4-11(17)8-16/h9,11,17H,3-8H2,1-2H3. The zero-order valence-electron chi connectivity index (χ0n) is 11.5. The van der Waals surface area contributed by atoms with Crippen molar-refractivity contribution in [2.75, 3.05) is 27.2 Å². The Morgan fingerprint density at radius 3 is 3.11 bits per heavy atom. The molecule has 1 unspecified atom stereocenters. The van der Waals surface area contributed by atoms with Gasteiger partial charge in [0.25, 0.3) is 0 Å². The molecule has 1 aliphatic heterocycles. The van der Waals surface area contributed by atoms with Crippen LogP contribution in [0, 0.1) is 0 Å². The van der Waals surface area contributed by atoms with Crippen molar-refractivity contribution in [2.24, 2.45) is 0 Å². The molecule has 1 aliphatic rings. The van der Waals surface area contributed by atoms with E-state index in [-0.39, 0.29) is 12.0 Å². The molecule has 0 bridgehead atoms. The summed E-state index contributed by atoms with van der Waals surface area (Å²) in [5.41, 5.74) is 1.00. The molecule has 19 heavy (non-hydrogen) atoms. The molecule has 1 aromatic rings. The topological polar surface area (TPSA) is 56.7 Å². The Bertz CT molecular complexity index is 433. The first-order valence-corrected chi connectivity index (χ1v) is 7.46. The van der Waals surface area contributed by atoms with Crippen molar-refractivity contribution >= 4 is 17.2 Å². The molecule has 2 rings (SSSR count). The molecule has 0 aliphatic carbocycles. The van der Waals surface area contributed by atoms with E-state index < -0.39 is 0 Å². The number of piperidine rings is 1. The summed E-state index contributed by atoms with van der Waals surface area (Å²) in [4.78, 5) is 19.9. The summed E-state index contributed by atoms with van der Waals surface area (Å²) >= 11 is 1.54. The van der Waals surface area contributed by atoms with Gasteiger partial charge in [-0.15, -0.1) is 11.3 Å². The zero-order valence-corrected chi connectivity index (χ0v) is 12.3. The fourth-order valence-corrected chi connectivity index (χ4v) is 2.97. The van der Waals surface area contributed by atoms with Crippen molar-refractivity contribution in [3.05, 3.63) is 16.1 Å². The molecule has 1 saturated heterocycles. The van der Waals surface area contributed by atoms with E-state index in [2.05, 4.69) is 9.88 Å². The number of carbonyl (C=O) groups is 1. The average Bonchev–Trinajstić information content (AvgIpc) is 2.76. The van der Waals surface area contributed by atoms with Crippen molar-refractivity contribution in [3.8, 4) is 0 Å². The highest BCUT2D eigenvalue weighted by atomic mass is 32.1. The molecule has 6 heteroatoms. The molecule has 1 amide bonds. The predicted octanol–water partition coefficient (Wildman–Crippen LogP) is 0.730. The molecule has 2 heterocycles. The quantitative estimate of drug-likeness (QED) is 0.885. The maximum atomic E-state index is 11.6. The number of hydrogen-bond donors (Lipinski definition) is 1. The lowest BCUT2D eigenvalue weighted by atomic mass is 10.1. The number of amides is 1. The summed E-state index contributed by atoms with van der Waals surface area (Å²) in [7, 11) is 3.51. The molecule has 1 N–H and O–H groups in total. The molecule has 0 spiro atoms. The number of aliphatic hydroxyl groups is 1. The number of rotatable bonds is 4. The van der Waals surface area contributed by atoms with E-state index in [1.165, 1.54) is 11.3 Å². The third-order valence-corrected chi connectivity index (χ3v) is 4.16. The van der Waals surface area contributed by atoms with Crippen LogP contribution in [0.2, 0.25) is 0 Å². The zero-order chi connectivity index (χ0) is 13.8. The van der Waals surface area contributed by atoms with Gasteiger partial charge in [-0.25, -0.2) is 4.98 Å². The Balaban J connectivity index is 1.88. The van der Waals surface area contributed by atoms with Crippen molar-refractivity contribution in [3.63, 3.8) is 0 Å². The van der Waals surface area contributed by atoms with Crippen LogP contribution in [0.5, 0.6) is 0 Å². The maximum Gasteiger partial charge on any atom is 0.228 e. The first-order valence-electron chi connectivity index (χ1n) is 6.58.